The summed E-state index contributed by atoms with van der Waals surface area (Å²) >= 11 is 0. The first kappa shape index (κ1) is 20.1. The minimum Gasteiger partial charge on any atom is -0.497 e. The van der Waals surface area contributed by atoms with Crippen LogP contribution < -0.4 is 20.1 Å². The molecule has 9 heteroatoms. The van der Waals surface area contributed by atoms with Gasteiger partial charge in [0.1, 0.15) is 22.8 Å². The van der Waals surface area contributed by atoms with E-state index in [4.69, 9.17) is 14.5 Å². The van der Waals surface area contributed by atoms with Crippen LogP contribution in [0.25, 0.3) is 22.6 Å². The van der Waals surface area contributed by atoms with Crippen LogP contribution in [0.1, 0.15) is 0 Å². The molecular formula is C22H22N6O3. The molecule has 0 aliphatic carbocycles. The molecule has 0 saturated heterocycles. The van der Waals surface area contributed by atoms with E-state index in [2.05, 4.69) is 20.6 Å². The van der Waals surface area contributed by atoms with Crippen LogP contribution in [-0.2, 0) is 6.54 Å². The summed E-state index contributed by atoms with van der Waals surface area (Å²) in [7, 11) is 3.11. The Hall–Kier alpha value is -4.14. The van der Waals surface area contributed by atoms with Crippen molar-refractivity contribution in [2.75, 3.05) is 26.1 Å². The third-order valence-electron chi connectivity index (χ3n) is 4.72. The molecule has 4 aromatic rings. The normalized spacial score (nSPS) is 10.6. The van der Waals surface area contributed by atoms with E-state index in [1.165, 1.54) is 0 Å². The van der Waals surface area contributed by atoms with Crippen molar-refractivity contribution < 1.29 is 14.3 Å². The van der Waals surface area contributed by atoms with E-state index in [1.54, 1.807) is 51.0 Å². The minimum atomic E-state index is -0.352. The lowest BCUT2D eigenvalue weighted by atomic mass is 10.2. The van der Waals surface area contributed by atoms with Crippen LogP contribution in [0.5, 0.6) is 11.5 Å². The molecule has 0 atom stereocenters. The predicted octanol–water partition coefficient (Wildman–Crippen LogP) is 3.33. The van der Waals surface area contributed by atoms with Crippen molar-refractivity contribution in [3.63, 3.8) is 0 Å². The van der Waals surface area contributed by atoms with Gasteiger partial charge in [0.05, 0.1) is 19.9 Å². The van der Waals surface area contributed by atoms with Gasteiger partial charge in [-0.2, -0.15) is 0 Å². The van der Waals surface area contributed by atoms with Crippen LogP contribution in [0.15, 0.2) is 61.1 Å². The maximum absolute atomic E-state index is 12.5. The van der Waals surface area contributed by atoms with Crippen molar-refractivity contribution in [1.29, 1.82) is 0 Å². The van der Waals surface area contributed by atoms with Gasteiger partial charge in [0.15, 0.2) is 5.65 Å². The Morgan fingerprint density at radius 2 is 1.90 bits per heavy atom. The second-order valence-electron chi connectivity index (χ2n) is 6.62. The lowest BCUT2D eigenvalue weighted by Crippen LogP contribution is -2.31. The van der Waals surface area contributed by atoms with Gasteiger partial charge < -0.3 is 24.7 Å². The highest BCUT2D eigenvalue weighted by Crippen LogP contribution is 2.28. The fourth-order valence-electron chi connectivity index (χ4n) is 3.25. The molecular weight excluding hydrogens is 396 g/mol. The predicted molar refractivity (Wildman–Crippen MR) is 117 cm³/mol. The summed E-state index contributed by atoms with van der Waals surface area (Å²) in [6, 6.07) is 12.4. The number of pyridine rings is 2. The van der Waals surface area contributed by atoms with Gasteiger partial charge >= 0.3 is 6.03 Å². The Morgan fingerprint density at radius 1 is 1.06 bits per heavy atom. The summed E-state index contributed by atoms with van der Waals surface area (Å²) < 4.78 is 12.5. The summed E-state index contributed by atoms with van der Waals surface area (Å²) in [6.07, 6.45) is 5.17. The van der Waals surface area contributed by atoms with Crippen LogP contribution in [0, 0.1) is 0 Å². The number of ether oxygens (including phenoxy) is 2. The third kappa shape index (κ3) is 4.40. The van der Waals surface area contributed by atoms with Crippen LogP contribution in [-0.4, -0.2) is 46.3 Å². The molecule has 31 heavy (non-hydrogen) atoms. The molecule has 2 N–H and O–H groups in total. The number of urea groups is 1. The van der Waals surface area contributed by atoms with Gasteiger partial charge in [-0.15, -0.1) is 0 Å². The van der Waals surface area contributed by atoms with Crippen molar-refractivity contribution in [1.82, 2.24) is 24.8 Å². The number of nitrogens with zero attached hydrogens (tertiary/aromatic N) is 4. The number of amides is 2. The molecule has 3 aromatic heterocycles. The van der Waals surface area contributed by atoms with Gasteiger partial charge in [0.2, 0.25) is 0 Å². The molecule has 3 heterocycles. The summed E-state index contributed by atoms with van der Waals surface area (Å²) in [5, 5.41) is 5.66. The molecule has 0 aliphatic rings. The second-order valence-corrected chi connectivity index (χ2v) is 6.62. The summed E-state index contributed by atoms with van der Waals surface area (Å²) in [5.41, 5.74) is 3.00. The van der Waals surface area contributed by atoms with Crippen LogP contribution in [0.2, 0.25) is 0 Å². The molecule has 0 unspecified atom stereocenters. The van der Waals surface area contributed by atoms with Gasteiger partial charge in [-0.3, -0.25) is 4.98 Å². The van der Waals surface area contributed by atoms with Gasteiger partial charge in [-0.05, 0) is 36.4 Å². The molecule has 4 rings (SSSR count). The van der Waals surface area contributed by atoms with E-state index in [9.17, 15) is 4.79 Å². The van der Waals surface area contributed by atoms with Gasteiger partial charge in [0, 0.05) is 43.3 Å². The Morgan fingerprint density at radius 3 is 2.68 bits per heavy atom. The number of benzene rings is 1. The number of anilines is 1. The SMILES string of the molecule is COc1ccc(OC)c(NC(=O)NCCn2c(-c3ccncc3)nc3cccnc32)c1. The Kier molecular flexibility index (Phi) is 5.93. The summed E-state index contributed by atoms with van der Waals surface area (Å²) in [6.45, 7) is 0.867. The monoisotopic (exact) mass is 418 g/mol. The number of carbonyl (C=O) groups excluding carboxylic acids is 1. The first-order valence-corrected chi connectivity index (χ1v) is 9.68. The maximum Gasteiger partial charge on any atom is 0.319 e. The fourth-order valence-corrected chi connectivity index (χ4v) is 3.25. The Bertz CT molecular complexity index is 1190. The zero-order valence-electron chi connectivity index (χ0n) is 17.2. The van der Waals surface area contributed by atoms with E-state index in [-0.39, 0.29) is 6.03 Å². The van der Waals surface area contributed by atoms with Crippen molar-refractivity contribution in [2.24, 2.45) is 0 Å². The highest BCUT2D eigenvalue weighted by atomic mass is 16.5. The molecule has 0 fully saturated rings. The highest BCUT2D eigenvalue weighted by Gasteiger charge is 2.14. The first-order valence-electron chi connectivity index (χ1n) is 9.68. The average molecular weight is 418 g/mol. The molecule has 2 amide bonds. The molecule has 0 radical (unpaired) electrons. The fraction of sp³-hybridized carbons (Fsp3) is 0.182. The maximum atomic E-state index is 12.5. The van der Waals surface area contributed by atoms with E-state index in [0.29, 0.717) is 30.3 Å². The molecule has 0 spiro atoms. The van der Waals surface area contributed by atoms with E-state index in [1.807, 2.05) is 28.8 Å². The second kappa shape index (κ2) is 9.12. The van der Waals surface area contributed by atoms with Crippen molar-refractivity contribution in [3.8, 4) is 22.9 Å². The third-order valence-corrected chi connectivity index (χ3v) is 4.72. The number of fused-ring (bicyclic) bond motifs is 1. The average Bonchev–Trinajstić information content (AvgIpc) is 3.18. The van der Waals surface area contributed by atoms with Gasteiger partial charge in [0.25, 0.3) is 0 Å². The first-order chi connectivity index (χ1) is 15.2. The number of hydrogen-bond donors (Lipinski definition) is 2. The van der Waals surface area contributed by atoms with Crippen molar-refractivity contribution in [2.45, 2.75) is 6.54 Å². The van der Waals surface area contributed by atoms with Crippen molar-refractivity contribution >= 4 is 22.9 Å². The van der Waals surface area contributed by atoms with Crippen LogP contribution >= 0.6 is 0 Å². The van der Waals surface area contributed by atoms with Crippen LogP contribution in [0.4, 0.5) is 10.5 Å². The number of hydrogen-bond acceptors (Lipinski definition) is 6. The molecule has 0 bridgehead atoms. The van der Waals surface area contributed by atoms with Gasteiger partial charge in [-0.25, -0.2) is 14.8 Å². The number of nitrogens with one attached hydrogen (secondary N) is 2. The van der Waals surface area contributed by atoms with E-state index < -0.39 is 0 Å². The number of aromatic nitrogens is 4. The van der Waals surface area contributed by atoms with Crippen molar-refractivity contribution in [3.05, 3.63) is 61.1 Å². The summed E-state index contributed by atoms with van der Waals surface area (Å²) in [5.74, 6) is 1.93. The standard InChI is InChI=1S/C22H22N6O3/c1-30-16-5-6-19(31-2)18(14-16)27-22(29)25-12-13-28-20(15-7-10-23-11-8-15)26-17-4-3-9-24-21(17)28/h3-11,14H,12-13H2,1-2H3,(H2,25,27,29). The summed E-state index contributed by atoms with van der Waals surface area (Å²) in [4.78, 5) is 25.7. The number of rotatable bonds is 7. The quantitative estimate of drug-likeness (QED) is 0.477. The molecule has 9 nitrogen and oxygen atoms in total. The lowest BCUT2D eigenvalue weighted by molar-refractivity contribution is 0.251. The number of methoxy groups -OCH3 is 2. The Labute approximate surface area is 179 Å². The zero-order chi connectivity index (χ0) is 21.6. The van der Waals surface area contributed by atoms with E-state index >= 15 is 0 Å². The lowest BCUT2D eigenvalue weighted by Gasteiger charge is -2.13. The molecule has 158 valence electrons. The topological polar surface area (TPSA) is 103 Å². The molecule has 0 saturated carbocycles. The smallest absolute Gasteiger partial charge is 0.319 e. The minimum absolute atomic E-state index is 0.352. The van der Waals surface area contributed by atoms with Gasteiger partial charge in [-0.1, -0.05) is 0 Å². The zero-order valence-corrected chi connectivity index (χ0v) is 17.2. The molecule has 0 aliphatic heterocycles. The highest BCUT2D eigenvalue weighted by molar-refractivity contribution is 5.91. The molecule has 1 aromatic carbocycles. The largest absolute Gasteiger partial charge is 0.497 e. The van der Waals surface area contributed by atoms with Crippen LogP contribution in [0.3, 0.4) is 0 Å². The number of carbonyl (C=O) groups is 1. The van der Waals surface area contributed by atoms with E-state index in [0.717, 1.165) is 22.6 Å². The Balaban J connectivity index is 1.48. The number of imidazole rings is 1.